The average Bonchev–Trinajstić information content (AvgIpc) is 2.89. The van der Waals surface area contributed by atoms with Gasteiger partial charge in [-0.1, -0.05) is 126 Å². The van der Waals surface area contributed by atoms with Gasteiger partial charge in [-0.25, -0.2) is 0 Å². The Hall–Kier alpha value is -2.46. The summed E-state index contributed by atoms with van der Waals surface area (Å²) in [5, 5.41) is 7.00. The lowest BCUT2D eigenvalue weighted by Gasteiger charge is -2.01. The number of hydrogen-bond acceptors (Lipinski definition) is 2. The van der Waals surface area contributed by atoms with Gasteiger partial charge in [0.25, 0.3) is 0 Å². The highest BCUT2D eigenvalue weighted by Crippen LogP contribution is 2.12. The van der Waals surface area contributed by atoms with E-state index in [1.54, 1.807) is 0 Å². The van der Waals surface area contributed by atoms with Crippen molar-refractivity contribution in [3.63, 3.8) is 0 Å². The van der Waals surface area contributed by atoms with E-state index in [9.17, 15) is 0 Å². The summed E-state index contributed by atoms with van der Waals surface area (Å²) in [5.74, 6) is 0. The molecule has 2 aromatic carbocycles. The smallest absolute Gasteiger partial charge is 0.0319 e. The van der Waals surface area contributed by atoms with E-state index in [-0.39, 0.29) is 5.48 Å². The van der Waals surface area contributed by atoms with E-state index in [2.05, 4.69) is 93.8 Å². The van der Waals surface area contributed by atoms with E-state index in [1.165, 1.54) is 35.7 Å². The number of hydrogen-bond donors (Lipinski definition) is 2. The average molecular weight is 446 g/mol. The lowest BCUT2D eigenvalue weighted by Crippen LogP contribution is -1.85. The second kappa shape index (κ2) is 35.9. The van der Waals surface area contributed by atoms with E-state index in [0.717, 1.165) is 13.5 Å². The van der Waals surface area contributed by atoms with Crippen LogP contribution >= 0.6 is 0 Å². The first-order valence-electron chi connectivity index (χ1n) is 11.3. The van der Waals surface area contributed by atoms with Crippen LogP contribution in [0.5, 0.6) is 0 Å². The standard InChI is InChI=1S/C17H16.C6H12.2C2H6.CH5N.CH4O.H2O/c1-2-16-12-6-7-13-17(16)14-8-11-15-9-4-3-5-10-15;1-4-6(3)5-2;4*1-2;/h2-13H,1,14H2;4H,5H2,1-3H3;2*1-2H3;2H2,1H3;2H,1H3;1H2/b11-8-;6-4+;;;;;. The Morgan fingerprint density at radius 1 is 0.906 bits per heavy atom. The lowest BCUT2D eigenvalue weighted by atomic mass is 10.0. The lowest BCUT2D eigenvalue weighted by molar-refractivity contribution is 0.399. The summed E-state index contributed by atoms with van der Waals surface area (Å²) in [6, 6.07) is 18.7. The fourth-order valence-corrected chi connectivity index (χ4v) is 2.01. The van der Waals surface area contributed by atoms with Gasteiger partial charge in [0.1, 0.15) is 0 Å². The van der Waals surface area contributed by atoms with Crippen LogP contribution in [0, 0.1) is 0 Å². The molecule has 0 aliphatic heterocycles. The van der Waals surface area contributed by atoms with Gasteiger partial charge in [0.2, 0.25) is 0 Å². The van der Waals surface area contributed by atoms with Gasteiger partial charge >= 0.3 is 0 Å². The zero-order valence-electron chi connectivity index (χ0n) is 22.2. The molecule has 0 radical (unpaired) electrons. The van der Waals surface area contributed by atoms with E-state index in [1.807, 2.05) is 45.9 Å². The first-order chi connectivity index (χ1) is 15.2. The molecule has 0 fully saturated rings. The first kappa shape index (κ1) is 40.0. The van der Waals surface area contributed by atoms with Crippen LogP contribution < -0.4 is 5.73 Å². The normalized spacial score (nSPS) is 8.66. The maximum atomic E-state index is 7.00. The minimum atomic E-state index is 0. The molecule has 0 aliphatic rings. The van der Waals surface area contributed by atoms with Crippen LogP contribution in [0.3, 0.4) is 0 Å². The van der Waals surface area contributed by atoms with Gasteiger partial charge in [0, 0.05) is 7.11 Å². The zero-order valence-corrected chi connectivity index (χ0v) is 22.2. The van der Waals surface area contributed by atoms with Gasteiger partial charge in [-0.2, -0.15) is 0 Å². The highest BCUT2D eigenvalue weighted by Gasteiger charge is 1.94. The second-order valence-corrected chi connectivity index (χ2v) is 5.41. The molecule has 2 aromatic rings. The number of nitrogens with two attached hydrogens (primary N) is 1. The van der Waals surface area contributed by atoms with Gasteiger partial charge in [0.15, 0.2) is 0 Å². The fraction of sp³-hybridized carbons (Fsp3) is 0.379. The largest absolute Gasteiger partial charge is 0.412 e. The Bertz CT molecular complexity index is 647. The number of aliphatic hydroxyl groups excluding tert-OH is 1. The van der Waals surface area contributed by atoms with Crippen LogP contribution in [-0.2, 0) is 6.42 Å². The van der Waals surface area contributed by atoms with Gasteiger partial charge in [-0.05, 0) is 50.4 Å². The molecule has 0 saturated carbocycles. The number of rotatable bonds is 5. The molecule has 32 heavy (non-hydrogen) atoms. The van der Waals surface area contributed by atoms with E-state index >= 15 is 0 Å². The molecule has 0 atom stereocenters. The third-order valence-electron chi connectivity index (χ3n) is 3.77. The first-order valence-corrected chi connectivity index (χ1v) is 11.3. The minimum absolute atomic E-state index is 0. The second-order valence-electron chi connectivity index (χ2n) is 5.41. The Morgan fingerprint density at radius 2 is 1.38 bits per heavy atom. The minimum Gasteiger partial charge on any atom is -0.412 e. The van der Waals surface area contributed by atoms with E-state index in [4.69, 9.17) is 5.11 Å². The molecule has 0 spiro atoms. The summed E-state index contributed by atoms with van der Waals surface area (Å²) in [7, 11) is 2.50. The molecule has 5 N–H and O–H groups in total. The quantitative estimate of drug-likeness (QED) is 0.471. The van der Waals surface area contributed by atoms with Crippen LogP contribution in [0.4, 0.5) is 0 Å². The van der Waals surface area contributed by atoms with Crippen molar-refractivity contribution < 1.29 is 10.6 Å². The van der Waals surface area contributed by atoms with Gasteiger partial charge in [-0.15, -0.1) is 0 Å². The third-order valence-corrected chi connectivity index (χ3v) is 3.77. The van der Waals surface area contributed by atoms with Crippen molar-refractivity contribution in [3.05, 3.63) is 95.6 Å². The predicted octanol–water partition coefficient (Wildman–Crippen LogP) is 7.36. The maximum Gasteiger partial charge on any atom is 0.0319 e. The fourth-order valence-electron chi connectivity index (χ4n) is 2.01. The molecule has 0 bridgehead atoms. The maximum absolute atomic E-state index is 7.00. The number of aliphatic hydroxyl groups is 1. The summed E-state index contributed by atoms with van der Waals surface area (Å²) in [6.45, 7) is 18.2. The molecule has 3 nitrogen and oxygen atoms in total. The van der Waals surface area contributed by atoms with Crippen molar-refractivity contribution in [2.45, 2.75) is 61.3 Å². The Morgan fingerprint density at radius 3 is 1.78 bits per heavy atom. The predicted molar refractivity (Wildman–Crippen MR) is 150 cm³/mol. The summed E-state index contributed by atoms with van der Waals surface area (Å²) in [6.07, 6.45) is 10.5. The highest BCUT2D eigenvalue weighted by atomic mass is 16.2. The van der Waals surface area contributed by atoms with Gasteiger partial charge < -0.3 is 16.3 Å². The van der Waals surface area contributed by atoms with E-state index < -0.39 is 0 Å². The molecule has 0 unspecified atom stereocenters. The molecule has 0 heterocycles. The molecule has 0 saturated heterocycles. The summed E-state index contributed by atoms with van der Waals surface area (Å²) in [4.78, 5) is 0. The van der Waals surface area contributed by atoms with Crippen molar-refractivity contribution in [2.24, 2.45) is 5.73 Å². The molecule has 3 heteroatoms. The number of allylic oxidation sites excluding steroid dienone is 3. The molecule has 0 aromatic heterocycles. The molecule has 2 rings (SSSR count). The molecule has 0 amide bonds. The Labute approximate surface area is 199 Å². The van der Waals surface area contributed by atoms with Crippen molar-refractivity contribution in [1.29, 1.82) is 0 Å². The van der Waals surface area contributed by atoms with Crippen LogP contribution in [0.15, 0.2) is 78.9 Å². The third kappa shape index (κ3) is 23.8. The SMILES string of the molecule is C/C=C(\C)CC.C=Cc1ccccc1C/C=C\c1ccccc1.CC.CC.CN.CO.O. The zero-order chi connectivity index (χ0) is 24.9. The molecular formula is C29H51NO2. The number of benzene rings is 2. The molecular weight excluding hydrogens is 394 g/mol. The van der Waals surface area contributed by atoms with Crippen LogP contribution in [-0.4, -0.2) is 24.7 Å². The van der Waals surface area contributed by atoms with Gasteiger partial charge in [-0.3, -0.25) is 0 Å². The summed E-state index contributed by atoms with van der Waals surface area (Å²) in [5.41, 5.74) is 9.73. The monoisotopic (exact) mass is 445 g/mol. The summed E-state index contributed by atoms with van der Waals surface area (Å²) < 4.78 is 0. The van der Waals surface area contributed by atoms with Crippen molar-refractivity contribution in [3.8, 4) is 0 Å². The van der Waals surface area contributed by atoms with Crippen LogP contribution in [0.25, 0.3) is 12.2 Å². The van der Waals surface area contributed by atoms with E-state index in [0.29, 0.717) is 0 Å². The van der Waals surface area contributed by atoms with Crippen LogP contribution in [0.2, 0.25) is 0 Å². The van der Waals surface area contributed by atoms with Crippen molar-refractivity contribution in [2.75, 3.05) is 14.2 Å². The Balaban J connectivity index is -0.000000137. The summed E-state index contributed by atoms with van der Waals surface area (Å²) >= 11 is 0. The van der Waals surface area contributed by atoms with Crippen LogP contribution in [0.1, 0.15) is 71.6 Å². The Kier molecular flexibility index (Phi) is 44.9. The van der Waals surface area contributed by atoms with Gasteiger partial charge in [0.05, 0.1) is 0 Å². The topological polar surface area (TPSA) is 77.8 Å². The van der Waals surface area contributed by atoms with Crippen molar-refractivity contribution in [1.82, 2.24) is 0 Å². The molecule has 184 valence electrons. The highest BCUT2D eigenvalue weighted by molar-refractivity contribution is 5.54. The van der Waals surface area contributed by atoms with Crippen molar-refractivity contribution >= 4 is 12.2 Å². The molecule has 0 aliphatic carbocycles.